The average molecular weight is 429 g/mol. The van der Waals surface area contributed by atoms with E-state index >= 15 is 0 Å². The molecule has 0 radical (unpaired) electrons. The summed E-state index contributed by atoms with van der Waals surface area (Å²) >= 11 is 8.61. The molecular weight excluding hydrogens is 412 g/mol. The van der Waals surface area contributed by atoms with E-state index in [0.717, 1.165) is 28.2 Å². The molecule has 1 heterocycles. The Morgan fingerprint density at radius 2 is 2.04 bits per heavy atom. The molecule has 1 aromatic heterocycles. The minimum atomic E-state index is -3.60. The maximum absolute atomic E-state index is 12.4. The zero-order valence-electron chi connectivity index (χ0n) is 13.9. The number of fused-ring (bicyclic) bond motifs is 1. The predicted octanol–water partition coefficient (Wildman–Crippen LogP) is 3.47. The van der Waals surface area contributed by atoms with E-state index in [1.807, 2.05) is 24.3 Å². The number of hydrogen-bond donors (Lipinski definition) is 1. The van der Waals surface area contributed by atoms with Crippen molar-refractivity contribution in [2.24, 2.45) is 7.05 Å². The van der Waals surface area contributed by atoms with E-state index in [1.54, 1.807) is 30.9 Å². The van der Waals surface area contributed by atoms with Gasteiger partial charge in [0.2, 0.25) is 10.0 Å². The quantitative estimate of drug-likeness (QED) is 0.585. The van der Waals surface area contributed by atoms with Gasteiger partial charge in [-0.05, 0) is 35.9 Å². The van der Waals surface area contributed by atoms with E-state index < -0.39 is 10.0 Å². The van der Waals surface area contributed by atoms with E-state index in [1.165, 1.54) is 10.6 Å². The molecule has 0 saturated heterocycles. The van der Waals surface area contributed by atoms with Crippen molar-refractivity contribution in [1.29, 1.82) is 0 Å². The fourth-order valence-electron chi connectivity index (χ4n) is 2.43. The number of benzene rings is 2. The molecule has 3 rings (SSSR count). The molecule has 0 spiro atoms. The number of nitrogens with zero attached hydrogens (tertiary/aromatic N) is 1. The van der Waals surface area contributed by atoms with Gasteiger partial charge in [0.15, 0.2) is 0 Å². The summed E-state index contributed by atoms with van der Waals surface area (Å²) in [5.74, 6) is 1.42. The molecule has 0 aliphatic rings. The van der Waals surface area contributed by atoms with Crippen LogP contribution in [0, 0.1) is 0 Å². The van der Waals surface area contributed by atoms with E-state index in [9.17, 15) is 13.2 Å². The molecule has 0 atom stereocenters. The van der Waals surface area contributed by atoms with Crippen molar-refractivity contribution in [3.05, 3.63) is 62.7 Å². The number of thiazole rings is 1. The second-order valence-electron chi connectivity index (χ2n) is 5.64. The first-order chi connectivity index (χ1) is 12.4. The van der Waals surface area contributed by atoms with Gasteiger partial charge in [-0.2, -0.15) is 11.8 Å². The largest absolute Gasteiger partial charge is 0.307 e. The van der Waals surface area contributed by atoms with E-state index in [0.29, 0.717) is 22.0 Å². The van der Waals surface area contributed by atoms with Gasteiger partial charge in [0.05, 0.1) is 15.1 Å². The third-order valence-electron chi connectivity index (χ3n) is 3.77. The summed E-state index contributed by atoms with van der Waals surface area (Å²) in [7, 11) is -1.92. The summed E-state index contributed by atoms with van der Waals surface area (Å²) in [6, 6.07) is 12.3. The summed E-state index contributed by atoms with van der Waals surface area (Å²) < 4.78 is 29.6. The smallest absolute Gasteiger partial charge is 0.302 e. The molecule has 0 fully saturated rings. The Kier molecular flexibility index (Phi) is 6.09. The lowest BCUT2D eigenvalue weighted by molar-refractivity contribution is 0.584. The highest BCUT2D eigenvalue weighted by Crippen LogP contribution is 2.21. The molecule has 0 bridgehead atoms. The van der Waals surface area contributed by atoms with Crippen LogP contribution in [-0.2, 0) is 22.8 Å². The molecule has 2 aromatic carbocycles. The third-order valence-corrected chi connectivity index (χ3v) is 7.49. The van der Waals surface area contributed by atoms with Gasteiger partial charge in [-0.3, -0.25) is 4.79 Å². The van der Waals surface area contributed by atoms with Crippen LogP contribution in [-0.4, -0.2) is 25.3 Å². The van der Waals surface area contributed by atoms with Gasteiger partial charge in [-0.1, -0.05) is 35.1 Å². The van der Waals surface area contributed by atoms with Crippen LogP contribution in [0.15, 0.2) is 52.2 Å². The highest BCUT2D eigenvalue weighted by Gasteiger charge is 2.15. The molecule has 5 nitrogen and oxygen atoms in total. The van der Waals surface area contributed by atoms with Gasteiger partial charge in [-0.15, -0.1) is 0 Å². The number of halogens is 1. The number of aryl methyl sites for hydroxylation is 1. The van der Waals surface area contributed by atoms with Gasteiger partial charge in [-0.25, -0.2) is 13.1 Å². The molecule has 26 heavy (non-hydrogen) atoms. The summed E-state index contributed by atoms with van der Waals surface area (Å²) in [6.45, 7) is 0.330. The molecule has 0 aliphatic carbocycles. The van der Waals surface area contributed by atoms with Crippen LogP contribution in [0.25, 0.3) is 10.2 Å². The molecule has 1 N–H and O–H groups in total. The Morgan fingerprint density at radius 3 is 2.81 bits per heavy atom. The molecule has 9 heteroatoms. The standard InChI is InChI=1S/C17H17ClN2O3S3/c1-20-15-6-5-14(10-16(15)25-17(20)21)26(22,23)19-7-8-24-11-12-3-2-4-13(18)9-12/h2-6,9-10,19H,7-8,11H2,1H3. The summed E-state index contributed by atoms with van der Waals surface area (Å²) in [5, 5.41) is 0.697. The zero-order valence-corrected chi connectivity index (χ0v) is 17.1. The first kappa shape index (κ1) is 19.4. The van der Waals surface area contributed by atoms with E-state index in [4.69, 9.17) is 11.6 Å². The van der Waals surface area contributed by atoms with Gasteiger partial charge >= 0.3 is 4.87 Å². The van der Waals surface area contributed by atoms with Gasteiger partial charge < -0.3 is 4.57 Å². The van der Waals surface area contributed by atoms with E-state index in [-0.39, 0.29) is 9.77 Å². The molecule has 0 unspecified atom stereocenters. The van der Waals surface area contributed by atoms with Crippen LogP contribution >= 0.6 is 34.7 Å². The summed E-state index contributed by atoms with van der Waals surface area (Å²) in [6.07, 6.45) is 0. The molecule has 0 aliphatic heterocycles. The molecule has 138 valence electrons. The van der Waals surface area contributed by atoms with Crippen LogP contribution in [0.3, 0.4) is 0 Å². The fourth-order valence-corrected chi connectivity index (χ4v) is 5.63. The average Bonchev–Trinajstić information content (AvgIpc) is 2.88. The Labute approximate surface area is 165 Å². The number of sulfonamides is 1. The molecule has 0 saturated carbocycles. The monoisotopic (exact) mass is 428 g/mol. The molecular formula is C17H17ClN2O3S3. The lowest BCUT2D eigenvalue weighted by atomic mass is 10.2. The second kappa shape index (κ2) is 8.14. The van der Waals surface area contributed by atoms with Gasteiger partial charge in [0.25, 0.3) is 0 Å². The lowest BCUT2D eigenvalue weighted by Gasteiger charge is -2.07. The van der Waals surface area contributed by atoms with Crippen molar-refractivity contribution in [3.8, 4) is 0 Å². The Bertz CT molecular complexity index is 1090. The van der Waals surface area contributed by atoms with Gasteiger partial charge in [0, 0.05) is 30.1 Å². The first-order valence-corrected chi connectivity index (χ1v) is 11.6. The normalized spacial score (nSPS) is 11.9. The van der Waals surface area contributed by atoms with Crippen molar-refractivity contribution in [1.82, 2.24) is 9.29 Å². The number of rotatable bonds is 7. The van der Waals surface area contributed by atoms with Crippen molar-refractivity contribution in [2.75, 3.05) is 12.3 Å². The Balaban J connectivity index is 1.58. The number of hydrogen-bond acceptors (Lipinski definition) is 5. The van der Waals surface area contributed by atoms with Crippen molar-refractivity contribution in [3.63, 3.8) is 0 Å². The molecule has 0 amide bonds. The minimum absolute atomic E-state index is 0.111. The van der Waals surface area contributed by atoms with E-state index in [2.05, 4.69) is 4.72 Å². The van der Waals surface area contributed by atoms with Crippen molar-refractivity contribution < 1.29 is 8.42 Å². The van der Waals surface area contributed by atoms with Crippen LogP contribution in [0.2, 0.25) is 5.02 Å². The highest BCUT2D eigenvalue weighted by atomic mass is 35.5. The lowest BCUT2D eigenvalue weighted by Crippen LogP contribution is -2.26. The number of nitrogens with one attached hydrogen (secondary N) is 1. The Morgan fingerprint density at radius 1 is 1.23 bits per heavy atom. The first-order valence-electron chi connectivity index (χ1n) is 7.78. The van der Waals surface area contributed by atoms with Crippen molar-refractivity contribution in [2.45, 2.75) is 10.6 Å². The summed E-state index contributed by atoms with van der Waals surface area (Å²) in [4.78, 5) is 11.7. The van der Waals surface area contributed by atoms with Crippen LogP contribution < -0.4 is 9.60 Å². The third kappa shape index (κ3) is 4.50. The fraction of sp³-hybridized carbons (Fsp3) is 0.235. The minimum Gasteiger partial charge on any atom is -0.302 e. The van der Waals surface area contributed by atoms with Crippen LogP contribution in [0.5, 0.6) is 0 Å². The van der Waals surface area contributed by atoms with Gasteiger partial charge in [0.1, 0.15) is 0 Å². The maximum Gasteiger partial charge on any atom is 0.307 e. The predicted molar refractivity (Wildman–Crippen MR) is 110 cm³/mol. The second-order valence-corrected chi connectivity index (χ2v) is 9.94. The Hall–Kier alpha value is -1.32. The summed E-state index contributed by atoms with van der Waals surface area (Å²) in [5.41, 5.74) is 1.84. The SMILES string of the molecule is Cn1c(=O)sc2cc(S(=O)(=O)NCCSCc3cccc(Cl)c3)ccc21. The van der Waals surface area contributed by atoms with Crippen LogP contribution in [0.1, 0.15) is 5.56 Å². The highest BCUT2D eigenvalue weighted by molar-refractivity contribution is 7.98. The van der Waals surface area contributed by atoms with Crippen LogP contribution in [0.4, 0.5) is 0 Å². The zero-order chi connectivity index (χ0) is 18.7. The number of aromatic nitrogens is 1. The molecule has 3 aromatic rings. The maximum atomic E-state index is 12.4. The number of thioether (sulfide) groups is 1. The van der Waals surface area contributed by atoms with Crippen molar-refractivity contribution >= 4 is 54.9 Å². The topological polar surface area (TPSA) is 68.2 Å².